The van der Waals surface area contributed by atoms with Gasteiger partial charge in [0, 0.05) is 24.6 Å². The number of likely N-dealkylation sites (N-methyl/N-ethyl adjacent to an activating group) is 1. The van der Waals surface area contributed by atoms with Gasteiger partial charge in [-0.3, -0.25) is 14.4 Å². The molecule has 0 aromatic heterocycles. The standard InChI is InChI=1S/C33H44N2O11/c1-30(2,3)45-24(38)17-21(43-29(40)46-31(4,5)6)28(39)34-14-11-23(37)42-20-10-12-33(41)22-16-18-8-9-19(36)26-25(18)32(33,27(20)44-26)13-15-35(22)7/h8-10,21-22,27,36,41H,11-17H2,1-7H3,(H,34,39)/t21-,22+,27-,32-,33+/m0/s1. The van der Waals surface area contributed by atoms with E-state index in [4.69, 9.17) is 23.7 Å². The third kappa shape index (κ3) is 6.14. The van der Waals surface area contributed by atoms with Crippen LogP contribution in [0.25, 0.3) is 0 Å². The molecule has 252 valence electrons. The maximum atomic E-state index is 13.1. The number of carbonyl (C=O) groups excluding carboxylic acids is 4. The van der Waals surface area contributed by atoms with Crippen molar-refractivity contribution in [3.05, 3.63) is 35.1 Å². The Kier molecular flexibility index (Phi) is 8.56. The largest absolute Gasteiger partial charge is 0.509 e. The lowest BCUT2D eigenvalue weighted by molar-refractivity contribution is -0.169. The molecule has 5 atom stereocenters. The second-order valence-corrected chi connectivity index (χ2v) is 14.5. The van der Waals surface area contributed by atoms with Crippen molar-refractivity contribution < 1.29 is 53.1 Å². The second-order valence-electron chi connectivity index (χ2n) is 14.5. The molecule has 4 aliphatic rings. The molecule has 0 saturated carbocycles. The molecule has 3 N–H and O–H groups in total. The van der Waals surface area contributed by atoms with Gasteiger partial charge in [0.05, 0.1) is 23.9 Å². The van der Waals surface area contributed by atoms with E-state index in [0.29, 0.717) is 25.1 Å². The topological polar surface area (TPSA) is 170 Å². The lowest BCUT2D eigenvalue weighted by Gasteiger charge is -2.61. The Morgan fingerprint density at radius 2 is 1.78 bits per heavy atom. The van der Waals surface area contributed by atoms with Crippen molar-refractivity contribution in [3.63, 3.8) is 0 Å². The first-order chi connectivity index (χ1) is 21.3. The predicted molar refractivity (Wildman–Crippen MR) is 162 cm³/mol. The number of aromatic hydroxyl groups is 1. The van der Waals surface area contributed by atoms with E-state index in [9.17, 15) is 29.4 Å². The highest BCUT2D eigenvalue weighted by atomic mass is 16.7. The molecule has 1 aromatic carbocycles. The fraction of sp³-hybridized carbons (Fsp3) is 0.636. The van der Waals surface area contributed by atoms with Crippen LogP contribution in [0.2, 0.25) is 0 Å². The van der Waals surface area contributed by atoms with Gasteiger partial charge >= 0.3 is 18.1 Å². The Bertz CT molecular complexity index is 1430. The molecule has 1 fully saturated rings. The number of phenolic OH excluding ortho intramolecular Hbond substituents is 1. The number of hydrogen-bond donors (Lipinski definition) is 3. The Morgan fingerprint density at radius 3 is 2.46 bits per heavy atom. The number of nitrogens with zero attached hydrogens (tertiary/aromatic N) is 1. The summed E-state index contributed by atoms with van der Waals surface area (Å²) in [7, 11) is 1.98. The van der Waals surface area contributed by atoms with Crippen molar-refractivity contribution >= 4 is 24.0 Å². The number of piperidine rings is 1. The molecule has 13 heteroatoms. The Hall–Kier alpha value is -3.84. The zero-order valence-electron chi connectivity index (χ0n) is 27.4. The van der Waals surface area contributed by atoms with E-state index in [-0.39, 0.29) is 36.9 Å². The van der Waals surface area contributed by atoms with Crippen LogP contribution in [-0.2, 0) is 45.2 Å². The molecule has 2 aliphatic heterocycles. The Labute approximate surface area is 268 Å². The third-order valence-electron chi connectivity index (χ3n) is 8.91. The number of hydrogen-bond acceptors (Lipinski definition) is 12. The maximum absolute atomic E-state index is 13.1. The van der Waals surface area contributed by atoms with Gasteiger partial charge in [-0.25, -0.2) is 4.79 Å². The van der Waals surface area contributed by atoms with Crippen molar-refractivity contribution in [1.29, 1.82) is 0 Å². The molecular weight excluding hydrogens is 600 g/mol. The summed E-state index contributed by atoms with van der Waals surface area (Å²) < 4.78 is 27.6. The van der Waals surface area contributed by atoms with Gasteiger partial charge in [0.15, 0.2) is 23.7 Å². The lowest BCUT2D eigenvalue weighted by atomic mass is 9.50. The first-order valence-electron chi connectivity index (χ1n) is 15.6. The van der Waals surface area contributed by atoms with Crippen LogP contribution in [-0.4, -0.2) is 94.3 Å². The van der Waals surface area contributed by atoms with Gasteiger partial charge in [0.2, 0.25) is 0 Å². The van der Waals surface area contributed by atoms with Gasteiger partial charge in [0.25, 0.3) is 5.91 Å². The van der Waals surface area contributed by atoms with Crippen LogP contribution in [0.3, 0.4) is 0 Å². The summed E-state index contributed by atoms with van der Waals surface area (Å²) in [5.41, 5.74) is -2.06. The average molecular weight is 645 g/mol. The molecule has 1 spiro atoms. The molecule has 0 radical (unpaired) electrons. The minimum atomic E-state index is -1.56. The first-order valence-corrected chi connectivity index (χ1v) is 15.6. The molecule has 2 bridgehead atoms. The molecule has 1 saturated heterocycles. The predicted octanol–water partition coefficient (Wildman–Crippen LogP) is 2.77. The summed E-state index contributed by atoms with van der Waals surface area (Å²) in [6, 6.07) is 3.27. The Balaban J connectivity index is 1.25. The van der Waals surface area contributed by atoms with Crippen molar-refractivity contribution in [2.75, 3.05) is 20.1 Å². The highest BCUT2D eigenvalue weighted by Crippen LogP contribution is 2.65. The summed E-state index contributed by atoms with van der Waals surface area (Å²) in [6.45, 7) is 10.4. The number of aliphatic hydroxyl groups is 1. The van der Waals surface area contributed by atoms with Gasteiger partial charge in [-0.2, -0.15) is 0 Å². The number of ether oxygens (including phenoxy) is 5. The van der Waals surface area contributed by atoms with Crippen molar-refractivity contribution in [2.45, 2.75) is 114 Å². The van der Waals surface area contributed by atoms with E-state index in [1.165, 1.54) is 0 Å². The lowest BCUT2D eigenvalue weighted by Crippen LogP contribution is -2.74. The zero-order chi connectivity index (χ0) is 33.8. The highest BCUT2D eigenvalue weighted by Gasteiger charge is 2.72. The van der Waals surface area contributed by atoms with E-state index < -0.39 is 64.8 Å². The third-order valence-corrected chi connectivity index (χ3v) is 8.91. The maximum Gasteiger partial charge on any atom is 0.509 e. The number of rotatable bonds is 8. The van der Waals surface area contributed by atoms with E-state index >= 15 is 0 Å². The number of esters is 2. The van der Waals surface area contributed by atoms with Gasteiger partial charge in [-0.05, 0) is 85.7 Å². The average Bonchev–Trinajstić information content (AvgIpc) is 3.27. The van der Waals surface area contributed by atoms with Crippen LogP contribution in [0, 0.1) is 0 Å². The highest BCUT2D eigenvalue weighted by molar-refractivity contribution is 5.87. The number of benzene rings is 1. The fourth-order valence-corrected chi connectivity index (χ4v) is 7.13. The molecule has 13 nitrogen and oxygen atoms in total. The summed E-state index contributed by atoms with van der Waals surface area (Å²) in [5.74, 6) is -1.74. The van der Waals surface area contributed by atoms with Crippen LogP contribution in [0.4, 0.5) is 4.79 Å². The minimum Gasteiger partial charge on any atom is -0.504 e. The van der Waals surface area contributed by atoms with Gasteiger partial charge in [-0.15, -0.1) is 0 Å². The molecule has 46 heavy (non-hydrogen) atoms. The van der Waals surface area contributed by atoms with Crippen molar-refractivity contribution in [3.8, 4) is 11.5 Å². The SMILES string of the molecule is CN1CC[C@]23c4c5ccc(O)c4O[C@H]2C(OC(=O)CCNC(=O)[C@H](CC(=O)OC(C)(C)C)OC(=O)OC(C)(C)C)=CC[C@@]3(O)[C@H]1C5. The van der Waals surface area contributed by atoms with Crippen LogP contribution < -0.4 is 10.1 Å². The fourth-order valence-electron chi connectivity index (χ4n) is 7.13. The van der Waals surface area contributed by atoms with E-state index in [1.54, 1.807) is 53.7 Å². The van der Waals surface area contributed by atoms with E-state index in [2.05, 4.69) is 10.2 Å². The van der Waals surface area contributed by atoms with Gasteiger partial charge in [-0.1, -0.05) is 6.07 Å². The number of likely N-dealkylation sites (tertiary alicyclic amines) is 1. The zero-order valence-corrected chi connectivity index (χ0v) is 27.4. The first kappa shape index (κ1) is 33.5. The van der Waals surface area contributed by atoms with E-state index in [0.717, 1.165) is 11.1 Å². The van der Waals surface area contributed by atoms with Crippen LogP contribution in [0.1, 0.15) is 78.4 Å². The summed E-state index contributed by atoms with van der Waals surface area (Å²) >= 11 is 0. The summed E-state index contributed by atoms with van der Waals surface area (Å²) in [4.78, 5) is 52.9. The number of phenols is 1. The molecule has 5 rings (SSSR count). The molecule has 2 heterocycles. The summed E-state index contributed by atoms with van der Waals surface area (Å²) in [5, 5.41) is 25.4. The van der Waals surface area contributed by atoms with Crippen LogP contribution >= 0.6 is 0 Å². The van der Waals surface area contributed by atoms with E-state index in [1.807, 2.05) is 13.1 Å². The monoisotopic (exact) mass is 644 g/mol. The number of amides is 1. The molecule has 0 unspecified atom stereocenters. The molecule has 1 amide bonds. The second kappa shape index (κ2) is 11.8. The Morgan fingerprint density at radius 1 is 1.09 bits per heavy atom. The van der Waals surface area contributed by atoms with Crippen LogP contribution in [0.5, 0.6) is 11.5 Å². The minimum absolute atomic E-state index is 0.0369. The molecular formula is C33H44N2O11. The normalized spacial score (nSPS) is 26.9. The summed E-state index contributed by atoms with van der Waals surface area (Å²) in [6.07, 6.45) is -1.31. The van der Waals surface area contributed by atoms with Crippen LogP contribution in [0.15, 0.2) is 24.0 Å². The molecule has 1 aromatic rings. The number of carbonyl (C=O) groups is 4. The van der Waals surface area contributed by atoms with Crippen molar-refractivity contribution in [2.24, 2.45) is 0 Å². The van der Waals surface area contributed by atoms with Gasteiger partial charge in [0.1, 0.15) is 17.0 Å². The van der Waals surface area contributed by atoms with Crippen molar-refractivity contribution in [1.82, 2.24) is 10.2 Å². The quantitative estimate of drug-likeness (QED) is 0.280. The van der Waals surface area contributed by atoms with Gasteiger partial charge < -0.3 is 44.1 Å². The number of nitrogens with one attached hydrogen (secondary N) is 1. The smallest absolute Gasteiger partial charge is 0.504 e. The molecule has 2 aliphatic carbocycles.